The van der Waals surface area contributed by atoms with E-state index < -0.39 is 0 Å². The van der Waals surface area contributed by atoms with Crippen LogP contribution in [0, 0.1) is 11.6 Å². The number of halogens is 2. The van der Waals surface area contributed by atoms with E-state index in [1.807, 2.05) is 12.1 Å². The zero-order chi connectivity index (χ0) is 32.1. The number of unbranched alkanes of at least 4 members (excludes halogenated alkanes) is 18. The molecule has 0 spiro atoms. The van der Waals surface area contributed by atoms with Crippen molar-refractivity contribution in [2.24, 2.45) is 0 Å². The number of fused-ring (bicyclic) bond motifs is 6. The molecule has 250 valence electrons. The lowest BCUT2D eigenvalue weighted by Crippen LogP contribution is -1.99. The molecule has 0 bridgehead atoms. The molecule has 5 aromatic rings. The summed E-state index contributed by atoms with van der Waals surface area (Å²) in [6.45, 7) is 6.38. The molecule has 0 amide bonds. The standard InChI is InChI=1S/C42H58F2N2/c1-3-5-7-9-11-13-15-17-19-21-27-45-39-25-23-33(43)29-35(39)37-32-42-38(31-41(37)45)36-30-34(44)24-26-40(36)46(42)28-22-20-18-16-14-12-10-8-6-4-2/h23-26,29-32H,3-22,27-28H2,1-2H3. The summed E-state index contributed by atoms with van der Waals surface area (Å²) < 4.78 is 34.0. The van der Waals surface area contributed by atoms with Gasteiger partial charge in [-0.25, -0.2) is 8.78 Å². The van der Waals surface area contributed by atoms with E-state index in [1.54, 1.807) is 24.3 Å². The summed E-state index contributed by atoms with van der Waals surface area (Å²) in [5.74, 6) is -0.392. The molecular formula is C42H58F2N2. The average molecular weight is 629 g/mol. The summed E-state index contributed by atoms with van der Waals surface area (Å²) in [4.78, 5) is 0. The van der Waals surface area contributed by atoms with Crippen LogP contribution in [0.15, 0.2) is 48.5 Å². The van der Waals surface area contributed by atoms with Gasteiger partial charge in [-0.15, -0.1) is 0 Å². The highest BCUT2D eigenvalue weighted by molar-refractivity contribution is 6.17. The van der Waals surface area contributed by atoms with Gasteiger partial charge in [-0.05, 0) is 61.4 Å². The van der Waals surface area contributed by atoms with E-state index >= 15 is 0 Å². The minimum atomic E-state index is -0.196. The Bertz CT molecular complexity index is 1540. The summed E-state index contributed by atoms with van der Waals surface area (Å²) in [5, 5.41) is 4.15. The molecule has 0 saturated heterocycles. The van der Waals surface area contributed by atoms with E-state index in [4.69, 9.17) is 0 Å². The second kappa shape index (κ2) is 17.9. The van der Waals surface area contributed by atoms with E-state index in [9.17, 15) is 8.78 Å². The predicted octanol–water partition coefficient (Wildman–Crippen LogP) is 14.0. The third-order valence-electron chi connectivity index (χ3n) is 10.2. The first kappa shape index (κ1) is 34.5. The van der Waals surface area contributed by atoms with Gasteiger partial charge in [-0.1, -0.05) is 129 Å². The van der Waals surface area contributed by atoms with Crippen molar-refractivity contribution in [3.8, 4) is 0 Å². The van der Waals surface area contributed by atoms with Crippen LogP contribution in [0.1, 0.15) is 142 Å². The molecule has 0 aliphatic rings. The Hall–Kier alpha value is -2.88. The van der Waals surface area contributed by atoms with E-state index in [0.717, 1.165) is 69.5 Å². The van der Waals surface area contributed by atoms with Crippen LogP contribution in [-0.4, -0.2) is 9.13 Å². The topological polar surface area (TPSA) is 9.86 Å². The second-order valence-corrected chi connectivity index (χ2v) is 13.9. The maximum Gasteiger partial charge on any atom is 0.123 e. The Labute approximate surface area is 276 Å². The molecular weight excluding hydrogens is 570 g/mol. The molecule has 0 aliphatic carbocycles. The molecule has 0 saturated carbocycles. The van der Waals surface area contributed by atoms with E-state index in [-0.39, 0.29) is 11.6 Å². The average Bonchev–Trinajstić information content (AvgIpc) is 3.52. The van der Waals surface area contributed by atoms with Crippen LogP contribution in [0.2, 0.25) is 0 Å². The molecule has 4 heteroatoms. The Morgan fingerprint density at radius 1 is 0.370 bits per heavy atom. The van der Waals surface area contributed by atoms with Crippen molar-refractivity contribution in [1.29, 1.82) is 0 Å². The van der Waals surface area contributed by atoms with Crippen LogP contribution in [0.5, 0.6) is 0 Å². The van der Waals surface area contributed by atoms with Gasteiger partial charge in [0.05, 0.1) is 0 Å². The van der Waals surface area contributed by atoms with Crippen LogP contribution in [0.4, 0.5) is 8.78 Å². The number of hydrogen-bond acceptors (Lipinski definition) is 0. The van der Waals surface area contributed by atoms with Crippen molar-refractivity contribution in [3.05, 3.63) is 60.2 Å². The summed E-state index contributed by atoms with van der Waals surface area (Å²) in [7, 11) is 0. The molecule has 46 heavy (non-hydrogen) atoms. The van der Waals surface area contributed by atoms with Gasteiger partial charge in [0.15, 0.2) is 0 Å². The summed E-state index contributed by atoms with van der Waals surface area (Å²) >= 11 is 0. The summed E-state index contributed by atoms with van der Waals surface area (Å²) in [6, 6.07) is 15.0. The van der Waals surface area contributed by atoms with Gasteiger partial charge in [0.25, 0.3) is 0 Å². The molecule has 2 heterocycles. The molecule has 0 aliphatic heterocycles. The molecule has 3 aromatic carbocycles. The normalized spacial score (nSPS) is 12.1. The monoisotopic (exact) mass is 628 g/mol. The van der Waals surface area contributed by atoms with Crippen LogP contribution in [0.3, 0.4) is 0 Å². The van der Waals surface area contributed by atoms with Crippen molar-refractivity contribution in [2.75, 3.05) is 0 Å². The minimum absolute atomic E-state index is 0.196. The number of hydrogen-bond donors (Lipinski definition) is 0. The Morgan fingerprint density at radius 2 is 0.674 bits per heavy atom. The smallest absolute Gasteiger partial charge is 0.123 e. The zero-order valence-electron chi connectivity index (χ0n) is 28.8. The summed E-state index contributed by atoms with van der Waals surface area (Å²) in [5.41, 5.74) is 4.45. The fourth-order valence-corrected chi connectivity index (χ4v) is 7.63. The van der Waals surface area contributed by atoms with Crippen LogP contribution in [-0.2, 0) is 13.1 Å². The van der Waals surface area contributed by atoms with E-state index in [2.05, 4.69) is 35.1 Å². The maximum atomic E-state index is 14.6. The number of benzene rings is 3. The molecule has 0 radical (unpaired) electrons. The molecule has 0 unspecified atom stereocenters. The fourth-order valence-electron chi connectivity index (χ4n) is 7.63. The number of aromatic nitrogens is 2. The SMILES string of the molecule is CCCCCCCCCCCCn1c2ccc(F)cc2c2cc3c(cc21)c1cc(F)ccc1n3CCCCCCCCCCCC. The van der Waals surface area contributed by atoms with Crippen molar-refractivity contribution in [1.82, 2.24) is 9.13 Å². The van der Waals surface area contributed by atoms with Crippen LogP contribution < -0.4 is 0 Å². The van der Waals surface area contributed by atoms with Gasteiger partial charge in [0.1, 0.15) is 11.6 Å². The third kappa shape index (κ3) is 8.72. The highest BCUT2D eigenvalue weighted by Gasteiger charge is 2.17. The van der Waals surface area contributed by atoms with Gasteiger partial charge in [0, 0.05) is 56.7 Å². The lowest BCUT2D eigenvalue weighted by Gasteiger charge is -2.09. The van der Waals surface area contributed by atoms with Crippen LogP contribution >= 0.6 is 0 Å². The molecule has 2 aromatic heterocycles. The highest BCUT2D eigenvalue weighted by Crippen LogP contribution is 2.38. The Kier molecular flexibility index (Phi) is 13.4. The van der Waals surface area contributed by atoms with Gasteiger partial charge in [-0.2, -0.15) is 0 Å². The van der Waals surface area contributed by atoms with Crippen molar-refractivity contribution < 1.29 is 8.78 Å². The van der Waals surface area contributed by atoms with E-state index in [1.165, 1.54) is 116 Å². The third-order valence-corrected chi connectivity index (χ3v) is 10.2. The summed E-state index contributed by atoms with van der Waals surface area (Å²) in [6.07, 6.45) is 26.1. The first-order chi connectivity index (χ1) is 22.6. The molecule has 0 fully saturated rings. The molecule has 0 atom stereocenters. The molecule has 5 rings (SSSR count). The van der Waals surface area contributed by atoms with Crippen molar-refractivity contribution in [2.45, 2.75) is 155 Å². The second-order valence-electron chi connectivity index (χ2n) is 13.9. The number of rotatable bonds is 22. The van der Waals surface area contributed by atoms with Gasteiger partial charge in [-0.3, -0.25) is 0 Å². The lowest BCUT2D eigenvalue weighted by atomic mass is 10.1. The first-order valence-corrected chi connectivity index (χ1v) is 18.9. The zero-order valence-corrected chi connectivity index (χ0v) is 28.8. The fraction of sp³-hybridized carbons (Fsp3) is 0.571. The molecule has 2 nitrogen and oxygen atoms in total. The largest absolute Gasteiger partial charge is 0.340 e. The van der Waals surface area contributed by atoms with Gasteiger partial charge >= 0.3 is 0 Å². The number of aryl methyl sites for hydroxylation is 2. The Balaban J connectivity index is 1.32. The van der Waals surface area contributed by atoms with Crippen molar-refractivity contribution >= 4 is 43.6 Å². The van der Waals surface area contributed by atoms with Crippen molar-refractivity contribution in [3.63, 3.8) is 0 Å². The first-order valence-electron chi connectivity index (χ1n) is 18.9. The quantitative estimate of drug-likeness (QED) is 0.0675. The Morgan fingerprint density at radius 3 is 1.02 bits per heavy atom. The lowest BCUT2D eigenvalue weighted by molar-refractivity contribution is 0.541. The van der Waals surface area contributed by atoms with Crippen LogP contribution in [0.25, 0.3) is 43.6 Å². The maximum absolute atomic E-state index is 14.6. The van der Waals surface area contributed by atoms with Gasteiger partial charge < -0.3 is 9.13 Å². The molecule has 0 N–H and O–H groups in total. The van der Waals surface area contributed by atoms with Gasteiger partial charge in [0.2, 0.25) is 0 Å². The predicted molar refractivity (Wildman–Crippen MR) is 196 cm³/mol. The number of nitrogens with zero attached hydrogens (tertiary/aromatic N) is 2. The van der Waals surface area contributed by atoms with E-state index in [0.29, 0.717) is 0 Å². The highest BCUT2D eigenvalue weighted by atomic mass is 19.1. The minimum Gasteiger partial charge on any atom is -0.340 e.